The van der Waals surface area contributed by atoms with Gasteiger partial charge in [0.2, 0.25) is 5.91 Å². The molecule has 4 rings (SSSR count). The second kappa shape index (κ2) is 14.7. The fourth-order valence-electron chi connectivity index (χ4n) is 8.21. The number of aliphatic hydroxyl groups is 1. The lowest BCUT2D eigenvalue weighted by molar-refractivity contribution is -0.162. The molecule has 0 aliphatic carbocycles. The molecule has 0 radical (unpaired) electrons. The monoisotopic (exact) mass is 637 g/mol. The van der Waals surface area contributed by atoms with Crippen molar-refractivity contribution in [1.29, 1.82) is 0 Å². The zero-order chi connectivity index (χ0) is 33.8. The Morgan fingerprint density at radius 1 is 1.13 bits per heavy atom. The summed E-state index contributed by atoms with van der Waals surface area (Å²) in [5, 5.41) is 10.7. The maximum Gasteiger partial charge on any atom is 0.312 e. The lowest BCUT2D eigenvalue weighted by Crippen LogP contribution is -2.59. The number of fused-ring (bicyclic) bond motifs is 1. The first kappa shape index (κ1) is 35.7. The average Bonchev–Trinajstić information content (AvgIpc) is 3.55. The zero-order valence-electron chi connectivity index (χ0n) is 28.7. The molecule has 0 aromatic heterocycles. The van der Waals surface area contributed by atoms with Crippen LogP contribution in [0.3, 0.4) is 0 Å². The van der Waals surface area contributed by atoms with Crippen molar-refractivity contribution in [2.75, 3.05) is 42.6 Å². The minimum atomic E-state index is -1.24. The Morgan fingerprint density at radius 2 is 1.78 bits per heavy atom. The molecule has 3 unspecified atom stereocenters. The SMILES string of the molecule is C=CCCCCOC(=O)[C@H]1[C@H]2C(=O)N([C@@H](CO)CC(C)C)C(C(=O)N(CC=C)c3ccc(N(CC)CC)cc3)C23CC(C)[C@]1(C)O3. The number of hydrogen-bond donors (Lipinski definition) is 1. The summed E-state index contributed by atoms with van der Waals surface area (Å²) in [7, 11) is 0. The van der Waals surface area contributed by atoms with Crippen LogP contribution >= 0.6 is 0 Å². The fourth-order valence-corrected chi connectivity index (χ4v) is 8.21. The molecule has 1 spiro atoms. The third kappa shape index (κ3) is 6.25. The molecule has 3 aliphatic heterocycles. The molecule has 9 nitrogen and oxygen atoms in total. The molecule has 9 heteroatoms. The standard InChI is InChI=1S/C37H55N3O6/c1-9-13-14-15-21-45-35(44)31-30-33(42)40(29(24-41)22-25(5)6)32(37(30)23-26(7)36(31,8)46-37)34(43)39(20-10-2)28-18-16-27(17-19-28)38(11-3)12-4/h9-10,16-19,25-26,29-32,41H,1-2,11-15,20-24H2,3-8H3/t26?,29-,30+,31-,32?,36+,37?/m1/s1. The van der Waals surface area contributed by atoms with E-state index in [4.69, 9.17) is 9.47 Å². The molecule has 0 saturated carbocycles. The second-order valence-corrected chi connectivity index (χ2v) is 13.8. The van der Waals surface area contributed by atoms with Crippen molar-refractivity contribution < 1.29 is 29.0 Å². The molecule has 46 heavy (non-hydrogen) atoms. The minimum Gasteiger partial charge on any atom is -0.465 e. The van der Waals surface area contributed by atoms with Crippen molar-refractivity contribution >= 4 is 29.2 Å². The summed E-state index contributed by atoms with van der Waals surface area (Å²) in [6.45, 7) is 21.7. The number of unbranched alkanes of at least 4 members (excludes halogenated alkanes) is 2. The van der Waals surface area contributed by atoms with E-state index in [1.165, 1.54) is 0 Å². The van der Waals surface area contributed by atoms with Crippen LogP contribution in [0.25, 0.3) is 0 Å². The number of esters is 1. The van der Waals surface area contributed by atoms with Gasteiger partial charge >= 0.3 is 5.97 Å². The highest BCUT2D eigenvalue weighted by atomic mass is 16.6. The van der Waals surface area contributed by atoms with Gasteiger partial charge in [-0.3, -0.25) is 14.4 Å². The molecule has 3 aliphatic rings. The van der Waals surface area contributed by atoms with Gasteiger partial charge in [0.15, 0.2) is 0 Å². The number of ether oxygens (including phenoxy) is 2. The van der Waals surface area contributed by atoms with E-state index in [1.807, 2.05) is 58.0 Å². The molecule has 2 amide bonds. The third-order valence-corrected chi connectivity index (χ3v) is 10.5. The first-order valence-electron chi connectivity index (χ1n) is 17.1. The lowest BCUT2D eigenvalue weighted by Gasteiger charge is -2.40. The van der Waals surface area contributed by atoms with E-state index in [0.717, 1.165) is 31.6 Å². The molecule has 3 heterocycles. The number of allylic oxidation sites excluding steroid dienone is 1. The summed E-state index contributed by atoms with van der Waals surface area (Å²) >= 11 is 0. The smallest absolute Gasteiger partial charge is 0.312 e. The third-order valence-electron chi connectivity index (χ3n) is 10.5. The predicted octanol–water partition coefficient (Wildman–Crippen LogP) is 5.37. The Hall–Kier alpha value is -3.17. The highest BCUT2D eigenvalue weighted by Crippen LogP contribution is 2.66. The Labute approximate surface area is 275 Å². The van der Waals surface area contributed by atoms with E-state index < -0.39 is 41.1 Å². The molecule has 1 N–H and O–H groups in total. The van der Waals surface area contributed by atoms with Crippen LogP contribution < -0.4 is 9.80 Å². The number of hydrogen-bond acceptors (Lipinski definition) is 7. The number of anilines is 2. The van der Waals surface area contributed by atoms with Gasteiger partial charge in [0.25, 0.3) is 5.91 Å². The van der Waals surface area contributed by atoms with Crippen LogP contribution in [0.4, 0.5) is 11.4 Å². The molecule has 1 aromatic rings. The highest BCUT2D eigenvalue weighted by molar-refractivity contribution is 6.05. The zero-order valence-corrected chi connectivity index (χ0v) is 28.7. The van der Waals surface area contributed by atoms with E-state index in [2.05, 4.69) is 31.9 Å². The normalized spacial score (nSPS) is 28.7. The Bertz CT molecular complexity index is 1260. The lowest BCUT2D eigenvalue weighted by atomic mass is 9.62. The van der Waals surface area contributed by atoms with Crippen LogP contribution in [0.5, 0.6) is 0 Å². The number of benzene rings is 1. The number of amides is 2. The van der Waals surface area contributed by atoms with Crippen LogP contribution in [0.2, 0.25) is 0 Å². The second-order valence-electron chi connectivity index (χ2n) is 13.8. The van der Waals surface area contributed by atoms with E-state index in [0.29, 0.717) is 24.9 Å². The van der Waals surface area contributed by atoms with E-state index in [9.17, 15) is 14.7 Å². The number of carbonyl (C=O) groups excluding carboxylic acids is 3. The van der Waals surface area contributed by atoms with Crippen LogP contribution in [0, 0.1) is 23.7 Å². The summed E-state index contributed by atoms with van der Waals surface area (Å²) in [6, 6.07) is 6.21. The van der Waals surface area contributed by atoms with Gasteiger partial charge in [0, 0.05) is 31.0 Å². The van der Waals surface area contributed by atoms with Gasteiger partial charge in [0.05, 0.1) is 30.8 Å². The highest BCUT2D eigenvalue weighted by Gasteiger charge is 2.80. The van der Waals surface area contributed by atoms with Gasteiger partial charge in [-0.2, -0.15) is 0 Å². The van der Waals surface area contributed by atoms with Crippen molar-refractivity contribution in [3.8, 4) is 0 Å². The molecule has 1 aromatic carbocycles. The number of nitrogens with zero attached hydrogens (tertiary/aromatic N) is 3. The van der Waals surface area contributed by atoms with Gasteiger partial charge in [-0.05, 0) is 89.0 Å². The molecule has 2 bridgehead atoms. The summed E-state index contributed by atoms with van der Waals surface area (Å²) in [5.74, 6) is -2.78. The van der Waals surface area contributed by atoms with Crippen LogP contribution in [0.1, 0.15) is 73.6 Å². The molecular formula is C37H55N3O6. The summed E-state index contributed by atoms with van der Waals surface area (Å²) < 4.78 is 12.7. The Balaban J connectivity index is 1.78. The molecule has 7 atom stereocenters. The van der Waals surface area contributed by atoms with Gasteiger partial charge < -0.3 is 29.3 Å². The largest absolute Gasteiger partial charge is 0.465 e. The van der Waals surface area contributed by atoms with Crippen molar-refractivity contribution in [2.45, 2.75) is 96.9 Å². The van der Waals surface area contributed by atoms with Crippen molar-refractivity contribution in [2.24, 2.45) is 23.7 Å². The fraction of sp³-hybridized carbons (Fsp3) is 0.649. The number of likely N-dealkylation sites (tertiary alicyclic amines) is 1. The minimum absolute atomic E-state index is 0.107. The van der Waals surface area contributed by atoms with E-state index in [-0.39, 0.29) is 43.4 Å². The molecule has 254 valence electrons. The first-order valence-corrected chi connectivity index (χ1v) is 17.1. The molecule has 3 fully saturated rings. The predicted molar refractivity (Wildman–Crippen MR) is 182 cm³/mol. The summed E-state index contributed by atoms with van der Waals surface area (Å²) in [5.41, 5.74) is -0.469. The van der Waals surface area contributed by atoms with Crippen LogP contribution in [-0.2, 0) is 23.9 Å². The number of carbonyl (C=O) groups is 3. The van der Waals surface area contributed by atoms with Crippen molar-refractivity contribution in [1.82, 2.24) is 4.90 Å². The van der Waals surface area contributed by atoms with Gasteiger partial charge in [0.1, 0.15) is 17.6 Å². The maximum absolute atomic E-state index is 15.0. The topological polar surface area (TPSA) is 99.6 Å². The summed E-state index contributed by atoms with van der Waals surface area (Å²) in [6.07, 6.45) is 6.83. The molecule has 3 saturated heterocycles. The average molecular weight is 638 g/mol. The molecular weight excluding hydrogens is 582 g/mol. The first-order chi connectivity index (χ1) is 21.9. The van der Waals surface area contributed by atoms with E-state index >= 15 is 4.79 Å². The van der Waals surface area contributed by atoms with Gasteiger partial charge in [-0.1, -0.05) is 32.9 Å². The van der Waals surface area contributed by atoms with Crippen molar-refractivity contribution in [3.63, 3.8) is 0 Å². The number of aliphatic hydroxyl groups excluding tert-OH is 1. The number of rotatable bonds is 17. The quantitative estimate of drug-likeness (QED) is 0.139. The summed E-state index contributed by atoms with van der Waals surface area (Å²) in [4.78, 5) is 49.0. The van der Waals surface area contributed by atoms with E-state index in [1.54, 1.807) is 15.9 Å². The van der Waals surface area contributed by atoms with Crippen molar-refractivity contribution in [3.05, 3.63) is 49.6 Å². The Kier molecular flexibility index (Phi) is 11.4. The van der Waals surface area contributed by atoms with Crippen LogP contribution in [-0.4, -0.2) is 83.9 Å². The van der Waals surface area contributed by atoms with Crippen LogP contribution in [0.15, 0.2) is 49.6 Å². The Morgan fingerprint density at radius 3 is 2.35 bits per heavy atom. The van der Waals surface area contributed by atoms with Gasteiger partial charge in [-0.15, -0.1) is 13.2 Å². The van der Waals surface area contributed by atoms with Gasteiger partial charge in [-0.25, -0.2) is 0 Å². The maximum atomic E-state index is 15.0.